The molecule has 0 radical (unpaired) electrons. The highest BCUT2D eigenvalue weighted by Crippen LogP contribution is 2.15. The van der Waals surface area contributed by atoms with Gasteiger partial charge in [-0.2, -0.15) is 5.10 Å². The molecule has 2 aromatic rings. The number of halogens is 2. The first-order valence-electron chi connectivity index (χ1n) is 5.59. The molecule has 2 rings (SSSR count). The Bertz CT molecular complexity index is 741. The van der Waals surface area contributed by atoms with Crippen LogP contribution in [0.25, 0.3) is 5.69 Å². The highest BCUT2D eigenvalue weighted by atomic mass is 19.2. The van der Waals surface area contributed by atoms with Crippen molar-refractivity contribution in [3.8, 4) is 5.69 Å². The van der Waals surface area contributed by atoms with E-state index in [9.17, 15) is 18.4 Å². The molecule has 5 nitrogen and oxygen atoms in total. The van der Waals surface area contributed by atoms with Gasteiger partial charge < -0.3 is 4.74 Å². The van der Waals surface area contributed by atoms with Gasteiger partial charge in [0.2, 0.25) is 11.1 Å². The number of nitrogens with zero attached hydrogens (tertiary/aromatic N) is 2. The minimum atomic E-state index is -1.13. The van der Waals surface area contributed by atoms with E-state index in [-0.39, 0.29) is 11.3 Å². The van der Waals surface area contributed by atoms with Crippen LogP contribution < -0.4 is 5.43 Å². The number of aryl methyl sites for hydroxylation is 1. The van der Waals surface area contributed by atoms with Gasteiger partial charge in [-0.3, -0.25) is 4.79 Å². The molecule has 7 heteroatoms. The van der Waals surface area contributed by atoms with Crippen LogP contribution in [0.1, 0.15) is 16.1 Å². The Hall–Kier alpha value is -2.57. The first kappa shape index (κ1) is 13.9. The Morgan fingerprint density at radius 1 is 1.35 bits per heavy atom. The molecule has 0 atom stereocenters. The van der Waals surface area contributed by atoms with Crippen LogP contribution in [0, 0.1) is 18.6 Å². The van der Waals surface area contributed by atoms with Gasteiger partial charge in [0.05, 0.1) is 7.11 Å². The molecule has 1 heterocycles. The standard InChI is InChI=1S/C13H10F2N2O3/c1-7-6-17(9-5-3-4-8(14)10(9)15)16-11(12(7)18)13(19)20-2/h3-6H,1-2H3. The summed E-state index contributed by atoms with van der Waals surface area (Å²) < 4.78 is 32.3. The lowest BCUT2D eigenvalue weighted by Crippen LogP contribution is -2.24. The summed E-state index contributed by atoms with van der Waals surface area (Å²) in [6.07, 6.45) is 1.21. The third-order valence-corrected chi connectivity index (χ3v) is 2.65. The van der Waals surface area contributed by atoms with Crippen LogP contribution in [-0.4, -0.2) is 22.9 Å². The van der Waals surface area contributed by atoms with E-state index in [0.717, 1.165) is 17.9 Å². The van der Waals surface area contributed by atoms with Gasteiger partial charge in [-0.25, -0.2) is 18.3 Å². The van der Waals surface area contributed by atoms with Crippen molar-refractivity contribution < 1.29 is 18.3 Å². The molecule has 1 aromatic carbocycles. The number of rotatable bonds is 2. The number of hydrogen-bond donors (Lipinski definition) is 0. The topological polar surface area (TPSA) is 61.2 Å². The predicted molar refractivity (Wildman–Crippen MR) is 65.8 cm³/mol. The first-order valence-corrected chi connectivity index (χ1v) is 5.59. The van der Waals surface area contributed by atoms with E-state index in [1.54, 1.807) is 0 Å². The van der Waals surface area contributed by atoms with Crippen LogP contribution in [-0.2, 0) is 4.74 Å². The van der Waals surface area contributed by atoms with Gasteiger partial charge in [-0.05, 0) is 19.1 Å². The fourth-order valence-corrected chi connectivity index (χ4v) is 1.63. The van der Waals surface area contributed by atoms with E-state index in [0.29, 0.717) is 0 Å². The third kappa shape index (κ3) is 2.29. The maximum atomic E-state index is 13.7. The van der Waals surface area contributed by atoms with Crippen LogP contribution in [0.5, 0.6) is 0 Å². The monoisotopic (exact) mass is 280 g/mol. The van der Waals surface area contributed by atoms with Gasteiger partial charge >= 0.3 is 5.97 Å². The van der Waals surface area contributed by atoms with Gasteiger partial charge in [0.15, 0.2) is 11.6 Å². The molecule has 0 aliphatic heterocycles. The largest absolute Gasteiger partial charge is 0.464 e. The van der Waals surface area contributed by atoms with E-state index in [1.165, 1.54) is 25.3 Å². The maximum Gasteiger partial charge on any atom is 0.362 e. The molecule has 0 aliphatic carbocycles. The van der Waals surface area contributed by atoms with Crippen molar-refractivity contribution in [2.45, 2.75) is 6.92 Å². The summed E-state index contributed by atoms with van der Waals surface area (Å²) in [4.78, 5) is 23.2. The number of methoxy groups -OCH3 is 1. The van der Waals surface area contributed by atoms with Crippen molar-refractivity contribution >= 4 is 5.97 Å². The molecule has 20 heavy (non-hydrogen) atoms. The number of hydrogen-bond acceptors (Lipinski definition) is 4. The van der Waals surface area contributed by atoms with Crippen molar-refractivity contribution in [2.24, 2.45) is 0 Å². The quantitative estimate of drug-likeness (QED) is 0.784. The summed E-state index contributed by atoms with van der Waals surface area (Å²) >= 11 is 0. The van der Waals surface area contributed by atoms with Crippen LogP contribution in [0.4, 0.5) is 8.78 Å². The summed E-state index contributed by atoms with van der Waals surface area (Å²) in [6, 6.07) is 3.52. The van der Waals surface area contributed by atoms with Gasteiger partial charge in [0.1, 0.15) is 5.69 Å². The average molecular weight is 280 g/mol. The van der Waals surface area contributed by atoms with Crippen molar-refractivity contribution in [3.63, 3.8) is 0 Å². The van der Waals surface area contributed by atoms with Crippen LogP contribution >= 0.6 is 0 Å². The second-order valence-electron chi connectivity index (χ2n) is 4.00. The second kappa shape index (κ2) is 5.20. The number of benzene rings is 1. The zero-order valence-electron chi connectivity index (χ0n) is 10.7. The lowest BCUT2D eigenvalue weighted by atomic mass is 10.2. The normalized spacial score (nSPS) is 10.4. The van der Waals surface area contributed by atoms with Crippen LogP contribution in [0.3, 0.4) is 0 Å². The number of ether oxygens (including phenoxy) is 1. The molecule has 104 valence electrons. The molecule has 0 fully saturated rings. The molecule has 0 bridgehead atoms. The Morgan fingerprint density at radius 2 is 2.05 bits per heavy atom. The van der Waals surface area contributed by atoms with Crippen molar-refractivity contribution in [1.82, 2.24) is 9.78 Å². The molecule has 0 saturated carbocycles. The van der Waals surface area contributed by atoms with Gasteiger partial charge in [-0.1, -0.05) is 6.07 Å². The minimum Gasteiger partial charge on any atom is -0.464 e. The molecule has 0 unspecified atom stereocenters. The highest BCUT2D eigenvalue weighted by Gasteiger charge is 2.18. The van der Waals surface area contributed by atoms with E-state index in [1.807, 2.05) is 0 Å². The summed E-state index contributed by atoms with van der Waals surface area (Å²) in [5.74, 6) is -3.12. The average Bonchev–Trinajstić information content (AvgIpc) is 2.44. The van der Waals surface area contributed by atoms with Crippen molar-refractivity contribution in [2.75, 3.05) is 7.11 Å². The molecular formula is C13H10F2N2O3. The number of esters is 1. The molecule has 0 amide bonds. The Morgan fingerprint density at radius 3 is 2.70 bits per heavy atom. The van der Waals surface area contributed by atoms with Gasteiger partial charge in [0.25, 0.3) is 0 Å². The zero-order valence-corrected chi connectivity index (χ0v) is 10.7. The molecule has 0 spiro atoms. The summed E-state index contributed by atoms with van der Waals surface area (Å²) in [5.41, 5.74) is -1.16. The summed E-state index contributed by atoms with van der Waals surface area (Å²) in [5, 5.41) is 3.70. The fourth-order valence-electron chi connectivity index (χ4n) is 1.63. The molecule has 0 aliphatic rings. The van der Waals surface area contributed by atoms with E-state index < -0.39 is 28.7 Å². The van der Waals surface area contributed by atoms with Crippen molar-refractivity contribution in [1.29, 1.82) is 0 Å². The number of aromatic nitrogens is 2. The summed E-state index contributed by atoms with van der Waals surface area (Å²) in [7, 11) is 1.10. The lowest BCUT2D eigenvalue weighted by molar-refractivity contribution is 0.0590. The fraction of sp³-hybridized carbons (Fsp3) is 0.154. The Balaban J connectivity index is 2.70. The highest BCUT2D eigenvalue weighted by molar-refractivity contribution is 5.87. The SMILES string of the molecule is COC(=O)c1nn(-c2cccc(F)c2F)cc(C)c1=O. The smallest absolute Gasteiger partial charge is 0.362 e. The first-order chi connectivity index (χ1) is 9.45. The molecule has 0 N–H and O–H groups in total. The van der Waals surface area contributed by atoms with Gasteiger partial charge in [-0.15, -0.1) is 0 Å². The lowest BCUT2D eigenvalue weighted by Gasteiger charge is -2.09. The van der Waals surface area contributed by atoms with Crippen LogP contribution in [0.15, 0.2) is 29.2 Å². The van der Waals surface area contributed by atoms with Crippen molar-refractivity contribution in [3.05, 3.63) is 57.5 Å². The maximum absolute atomic E-state index is 13.7. The number of carbonyl (C=O) groups is 1. The minimum absolute atomic E-state index is 0.157. The van der Waals surface area contributed by atoms with E-state index in [2.05, 4.69) is 9.84 Å². The van der Waals surface area contributed by atoms with Crippen LogP contribution in [0.2, 0.25) is 0 Å². The third-order valence-electron chi connectivity index (χ3n) is 2.65. The Kier molecular flexibility index (Phi) is 3.60. The Labute approximate surface area is 112 Å². The summed E-state index contributed by atoms with van der Waals surface area (Å²) in [6.45, 7) is 1.43. The molecular weight excluding hydrogens is 270 g/mol. The predicted octanol–water partition coefficient (Wildman–Crippen LogP) is 1.61. The zero-order chi connectivity index (χ0) is 14.9. The van der Waals surface area contributed by atoms with E-state index >= 15 is 0 Å². The second-order valence-corrected chi connectivity index (χ2v) is 4.00. The number of carbonyl (C=O) groups excluding carboxylic acids is 1. The van der Waals surface area contributed by atoms with E-state index in [4.69, 9.17) is 0 Å². The molecule has 1 aromatic heterocycles. The molecule has 0 saturated heterocycles. The van der Waals surface area contributed by atoms with Gasteiger partial charge in [0, 0.05) is 11.8 Å².